The number of urea groups is 1. The van der Waals surface area contributed by atoms with Gasteiger partial charge < -0.3 is 15.7 Å². The largest absolute Gasteiger partial charge is 0.478 e. The van der Waals surface area contributed by atoms with Crippen molar-refractivity contribution >= 4 is 17.7 Å². The van der Waals surface area contributed by atoms with E-state index in [0.29, 0.717) is 5.69 Å². The van der Waals surface area contributed by atoms with Crippen molar-refractivity contribution in [3.05, 3.63) is 29.3 Å². The van der Waals surface area contributed by atoms with Crippen LogP contribution in [-0.4, -0.2) is 23.1 Å². The minimum Gasteiger partial charge on any atom is -0.478 e. The average Bonchev–Trinajstić information content (AvgIpc) is 2.70. The van der Waals surface area contributed by atoms with Crippen LogP contribution in [0.3, 0.4) is 0 Å². The summed E-state index contributed by atoms with van der Waals surface area (Å²) in [5.74, 6) is -0.970. The molecule has 0 saturated heterocycles. The fourth-order valence-corrected chi connectivity index (χ4v) is 2.84. The lowest BCUT2D eigenvalue weighted by Gasteiger charge is -2.18. The second kappa shape index (κ2) is 5.76. The Bertz CT molecular complexity index is 567. The standard InChI is InChI=1S/C16H22N2O3/c1-10-8-11(14(19)20)4-5-13(10)18-15(21)17-12-6-7-16(2,3)9-12/h4-5,8,12H,6-7,9H2,1-3H3,(H,19,20)(H2,17,18,21). The predicted molar refractivity (Wildman–Crippen MR) is 81.7 cm³/mol. The minimum absolute atomic E-state index is 0.207. The lowest BCUT2D eigenvalue weighted by molar-refractivity contribution is 0.0697. The zero-order valence-corrected chi connectivity index (χ0v) is 12.7. The minimum atomic E-state index is -0.970. The van der Waals surface area contributed by atoms with Crippen LogP contribution in [-0.2, 0) is 0 Å². The molecule has 0 bridgehead atoms. The summed E-state index contributed by atoms with van der Waals surface area (Å²) in [7, 11) is 0. The molecule has 1 aromatic rings. The molecule has 1 unspecified atom stereocenters. The van der Waals surface area contributed by atoms with Crippen molar-refractivity contribution in [2.45, 2.75) is 46.1 Å². The van der Waals surface area contributed by atoms with E-state index >= 15 is 0 Å². The Kier molecular flexibility index (Phi) is 4.21. The first-order chi connectivity index (χ1) is 9.77. The van der Waals surface area contributed by atoms with Crippen LogP contribution < -0.4 is 10.6 Å². The summed E-state index contributed by atoms with van der Waals surface area (Å²) >= 11 is 0. The molecule has 3 N–H and O–H groups in total. The third kappa shape index (κ3) is 3.97. The molecule has 5 nitrogen and oxygen atoms in total. The van der Waals surface area contributed by atoms with Crippen LogP contribution in [0.25, 0.3) is 0 Å². The van der Waals surface area contributed by atoms with Gasteiger partial charge >= 0.3 is 12.0 Å². The quantitative estimate of drug-likeness (QED) is 0.798. The van der Waals surface area contributed by atoms with Crippen molar-refractivity contribution in [3.63, 3.8) is 0 Å². The molecule has 1 atom stereocenters. The SMILES string of the molecule is Cc1cc(C(=O)O)ccc1NC(=O)NC1CCC(C)(C)C1. The normalized spacial score (nSPS) is 20.0. The van der Waals surface area contributed by atoms with E-state index in [-0.39, 0.29) is 23.1 Å². The highest BCUT2D eigenvalue weighted by Gasteiger charge is 2.31. The van der Waals surface area contributed by atoms with E-state index in [9.17, 15) is 9.59 Å². The molecule has 1 aliphatic rings. The van der Waals surface area contributed by atoms with Gasteiger partial charge in [-0.25, -0.2) is 9.59 Å². The predicted octanol–water partition coefficient (Wildman–Crippen LogP) is 3.39. The molecule has 21 heavy (non-hydrogen) atoms. The number of anilines is 1. The summed E-state index contributed by atoms with van der Waals surface area (Å²) in [6.45, 7) is 6.20. The molecule has 1 saturated carbocycles. The van der Waals surface area contributed by atoms with Crippen molar-refractivity contribution < 1.29 is 14.7 Å². The monoisotopic (exact) mass is 290 g/mol. The lowest BCUT2D eigenvalue weighted by atomic mass is 9.92. The summed E-state index contributed by atoms with van der Waals surface area (Å²) in [4.78, 5) is 22.9. The van der Waals surface area contributed by atoms with Gasteiger partial charge in [0.2, 0.25) is 0 Å². The number of carbonyl (C=O) groups is 2. The number of nitrogens with one attached hydrogen (secondary N) is 2. The second-order valence-electron chi connectivity index (χ2n) is 6.54. The molecule has 2 rings (SSSR count). The highest BCUT2D eigenvalue weighted by atomic mass is 16.4. The molecule has 1 fully saturated rings. The molecule has 0 spiro atoms. The van der Waals surface area contributed by atoms with Gasteiger partial charge in [-0.05, 0) is 55.4 Å². The Labute approximate surface area is 124 Å². The number of hydrogen-bond acceptors (Lipinski definition) is 2. The number of amides is 2. The molecule has 0 heterocycles. The first-order valence-corrected chi connectivity index (χ1v) is 7.18. The number of carboxylic acids is 1. The highest BCUT2D eigenvalue weighted by molar-refractivity contribution is 5.92. The topological polar surface area (TPSA) is 78.4 Å². The van der Waals surface area contributed by atoms with E-state index < -0.39 is 5.97 Å². The van der Waals surface area contributed by atoms with Gasteiger partial charge in [-0.15, -0.1) is 0 Å². The first kappa shape index (κ1) is 15.4. The summed E-state index contributed by atoms with van der Waals surface area (Å²) < 4.78 is 0. The van der Waals surface area contributed by atoms with E-state index in [2.05, 4.69) is 24.5 Å². The van der Waals surface area contributed by atoms with Crippen molar-refractivity contribution in [1.29, 1.82) is 0 Å². The lowest BCUT2D eigenvalue weighted by Crippen LogP contribution is -2.37. The smallest absolute Gasteiger partial charge is 0.335 e. The van der Waals surface area contributed by atoms with Crippen LogP contribution in [0.4, 0.5) is 10.5 Å². The van der Waals surface area contributed by atoms with E-state index in [1.54, 1.807) is 19.1 Å². The number of hydrogen-bond donors (Lipinski definition) is 3. The third-order valence-corrected chi connectivity index (χ3v) is 4.03. The number of carbonyl (C=O) groups excluding carboxylic acids is 1. The fraction of sp³-hybridized carbons (Fsp3) is 0.500. The summed E-state index contributed by atoms with van der Waals surface area (Å²) in [6, 6.07) is 4.64. The molecule has 0 aromatic heterocycles. The van der Waals surface area contributed by atoms with Crippen LogP contribution in [0.1, 0.15) is 49.0 Å². The Morgan fingerprint density at radius 3 is 2.57 bits per heavy atom. The van der Waals surface area contributed by atoms with E-state index in [1.165, 1.54) is 6.07 Å². The maximum Gasteiger partial charge on any atom is 0.335 e. The molecule has 5 heteroatoms. The molecular weight excluding hydrogens is 268 g/mol. The molecule has 114 valence electrons. The van der Waals surface area contributed by atoms with Gasteiger partial charge in [0, 0.05) is 11.7 Å². The summed E-state index contributed by atoms with van der Waals surface area (Å²) in [5.41, 5.74) is 1.87. The number of benzene rings is 1. The zero-order chi connectivity index (χ0) is 15.6. The molecule has 1 aromatic carbocycles. The Morgan fingerprint density at radius 2 is 2.05 bits per heavy atom. The maximum atomic E-state index is 12.0. The van der Waals surface area contributed by atoms with Crippen molar-refractivity contribution in [3.8, 4) is 0 Å². The molecular formula is C16H22N2O3. The van der Waals surface area contributed by atoms with Crippen LogP contribution in [0, 0.1) is 12.3 Å². The van der Waals surface area contributed by atoms with E-state index in [0.717, 1.165) is 24.8 Å². The molecule has 0 radical (unpaired) electrons. The fourth-order valence-electron chi connectivity index (χ4n) is 2.84. The Morgan fingerprint density at radius 1 is 1.33 bits per heavy atom. The van der Waals surface area contributed by atoms with E-state index in [1.807, 2.05) is 0 Å². The maximum absolute atomic E-state index is 12.0. The van der Waals surface area contributed by atoms with Crippen molar-refractivity contribution in [2.75, 3.05) is 5.32 Å². The zero-order valence-electron chi connectivity index (χ0n) is 12.7. The van der Waals surface area contributed by atoms with Gasteiger partial charge in [0.25, 0.3) is 0 Å². The average molecular weight is 290 g/mol. The van der Waals surface area contributed by atoms with Crippen molar-refractivity contribution in [2.24, 2.45) is 5.41 Å². The number of carboxylic acid groups (broad SMARTS) is 1. The summed E-state index contributed by atoms with van der Waals surface area (Å²) in [6.07, 6.45) is 3.10. The van der Waals surface area contributed by atoms with Gasteiger partial charge in [-0.1, -0.05) is 13.8 Å². The number of aryl methyl sites for hydroxylation is 1. The third-order valence-electron chi connectivity index (χ3n) is 4.03. The molecule has 1 aliphatic carbocycles. The highest BCUT2D eigenvalue weighted by Crippen LogP contribution is 2.36. The Balaban J connectivity index is 1.95. The van der Waals surface area contributed by atoms with Crippen LogP contribution >= 0.6 is 0 Å². The van der Waals surface area contributed by atoms with Gasteiger partial charge in [-0.3, -0.25) is 0 Å². The van der Waals surface area contributed by atoms with Gasteiger partial charge in [0.15, 0.2) is 0 Å². The second-order valence-corrected chi connectivity index (χ2v) is 6.54. The van der Waals surface area contributed by atoms with Gasteiger partial charge in [0.1, 0.15) is 0 Å². The Hall–Kier alpha value is -2.04. The van der Waals surface area contributed by atoms with E-state index in [4.69, 9.17) is 5.11 Å². The van der Waals surface area contributed by atoms with Crippen LogP contribution in [0.5, 0.6) is 0 Å². The van der Waals surface area contributed by atoms with Crippen LogP contribution in [0.15, 0.2) is 18.2 Å². The summed E-state index contributed by atoms with van der Waals surface area (Å²) in [5, 5.41) is 14.7. The molecule has 0 aliphatic heterocycles. The molecule has 2 amide bonds. The number of rotatable bonds is 3. The number of aromatic carboxylic acids is 1. The van der Waals surface area contributed by atoms with Gasteiger partial charge in [0.05, 0.1) is 5.56 Å². The van der Waals surface area contributed by atoms with Crippen LogP contribution in [0.2, 0.25) is 0 Å². The van der Waals surface area contributed by atoms with Crippen molar-refractivity contribution in [1.82, 2.24) is 5.32 Å². The van der Waals surface area contributed by atoms with Gasteiger partial charge in [-0.2, -0.15) is 0 Å². The first-order valence-electron chi connectivity index (χ1n) is 7.18.